The molecule has 114 valence electrons. The fourth-order valence-corrected chi connectivity index (χ4v) is 2.63. The molecule has 0 aromatic carbocycles. The molecule has 0 amide bonds. The molecule has 0 aliphatic carbocycles. The van der Waals surface area contributed by atoms with Crippen LogP contribution in [-0.4, -0.2) is 35.0 Å². The minimum atomic E-state index is -0.0641. The summed E-state index contributed by atoms with van der Waals surface area (Å²) in [7, 11) is 1.62. The zero-order valence-corrected chi connectivity index (χ0v) is 13.2. The van der Waals surface area contributed by atoms with Gasteiger partial charge in [-0.3, -0.25) is 4.79 Å². The number of aromatic nitrogens is 3. The molecule has 6 nitrogen and oxygen atoms in total. The number of unbranched alkanes of at least 4 members (excludes halogenated alkanes) is 1. The molecule has 1 N–H and O–H groups in total. The molecule has 0 fully saturated rings. The van der Waals surface area contributed by atoms with E-state index in [1.165, 1.54) is 11.3 Å². The van der Waals surface area contributed by atoms with Crippen molar-refractivity contribution < 1.29 is 4.74 Å². The second kappa shape index (κ2) is 7.90. The van der Waals surface area contributed by atoms with Crippen LogP contribution in [0.2, 0.25) is 0 Å². The van der Waals surface area contributed by atoms with Gasteiger partial charge in [-0.1, -0.05) is 24.7 Å². The van der Waals surface area contributed by atoms with Gasteiger partial charge >= 0.3 is 0 Å². The highest BCUT2D eigenvalue weighted by Gasteiger charge is 2.11. The lowest BCUT2D eigenvalue weighted by atomic mass is 10.3. The number of methoxy groups -OCH3 is 1. The molecule has 0 aliphatic heterocycles. The van der Waals surface area contributed by atoms with Crippen molar-refractivity contribution in [1.82, 2.24) is 14.8 Å². The predicted octanol–water partition coefficient (Wildman–Crippen LogP) is 2.23. The number of nitrogens with zero attached hydrogens (tertiary/aromatic N) is 3. The molecule has 7 heteroatoms. The summed E-state index contributed by atoms with van der Waals surface area (Å²) in [4.78, 5) is 12.4. The van der Waals surface area contributed by atoms with Crippen molar-refractivity contribution in [2.45, 2.75) is 26.3 Å². The quantitative estimate of drug-likeness (QED) is 0.757. The molecule has 2 rings (SSSR count). The van der Waals surface area contributed by atoms with Crippen LogP contribution in [0.3, 0.4) is 0 Å². The van der Waals surface area contributed by atoms with Crippen LogP contribution in [0.4, 0.5) is 5.13 Å². The van der Waals surface area contributed by atoms with E-state index >= 15 is 0 Å². The lowest BCUT2D eigenvalue weighted by Crippen LogP contribution is -2.22. The number of ether oxygens (including phenoxy) is 1. The summed E-state index contributed by atoms with van der Waals surface area (Å²) >= 11 is 1.41. The normalized spacial score (nSPS) is 10.8. The molecule has 2 aromatic rings. The average Bonchev–Trinajstić information content (AvgIpc) is 2.95. The van der Waals surface area contributed by atoms with Crippen molar-refractivity contribution in [2.75, 3.05) is 25.6 Å². The van der Waals surface area contributed by atoms with E-state index in [1.807, 2.05) is 6.07 Å². The second-order valence-electron chi connectivity index (χ2n) is 4.61. The molecule has 0 atom stereocenters. The van der Waals surface area contributed by atoms with E-state index in [-0.39, 0.29) is 5.56 Å². The Hall–Kier alpha value is -1.73. The smallest absolute Gasteiger partial charge is 0.261 e. The van der Waals surface area contributed by atoms with Crippen molar-refractivity contribution in [2.24, 2.45) is 0 Å². The summed E-state index contributed by atoms with van der Waals surface area (Å²) in [5.74, 6) is 0. The van der Waals surface area contributed by atoms with Gasteiger partial charge in [-0.05, 0) is 18.6 Å². The van der Waals surface area contributed by atoms with Crippen molar-refractivity contribution in [1.29, 1.82) is 0 Å². The van der Waals surface area contributed by atoms with Crippen LogP contribution in [0.5, 0.6) is 0 Å². The molecule has 0 saturated heterocycles. The Morgan fingerprint density at radius 3 is 3.05 bits per heavy atom. The van der Waals surface area contributed by atoms with Crippen LogP contribution in [0.25, 0.3) is 10.6 Å². The minimum Gasteiger partial charge on any atom is -0.383 e. The van der Waals surface area contributed by atoms with Gasteiger partial charge in [0, 0.05) is 26.4 Å². The van der Waals surface area contributed by atoms with Crippen LogP contribution in [0.15, 0.2) is 23.1 Å². The number of pyridine rings is 1. The van der Waals surface area contributed by atoms with Crippen LogP contribution < -0.4 is 10.9 Å². The highest BCUT2D eigenvalue weighted by atomic mass is 32.1. The fourth-order valence-electron chi connectivity index (χ4n) is 1.84. The molecular weight excluding hydrogens is 288 g/mol. The molecule has 0 spiro atoms. The monoisotopic (exact) mass is 308 g/mol. The van der Waals surface area contributed by atoms with Gasteiger partial charge in [-0.25, -0.2) is 0 Å². The molecule has 0 saturated carbocycles. The van der Waals surface area contributed by atoms with Gasteiger partial charge in [-0.2, -0.15) is 0 Å². The first-order valence-electron chi connectivity index (χ1n) is 7.02. The van der Waals surface area contributed by atoms with Gasteiger partial charge in [0.05, 0.1) is 12.2 Å². The van der Waals surface area contributed by atoms with E-state index in [0.29, 0.717) is 23.7 Å². The van der Waals surface area contributed by atoms with Gasteiger partial charge in [0.15, 0.2) is 5.01 Å². The summed E-state index contributed by atoms with van der Waals surface area (Å²) in [5.41, 5.74) is 0.514. The van der Waals surface area contributed by atoms with Crippen molar-refractivity contribution in [3.05, 3.63) is 28.7 Å². The van der Waals surface area contributed by atoms with Crippen LogP contribution in [0.1, 0.15) is 19.8 Å². The summed E-state index contributed by atoms with van der Waals surface area (Å²) in [6.07, 6.45) is 3.97. The molecule has 2 heterocycles. The van der Waals surface area contributed by atoms with E-state index < -0.39 is 0 Å². The SMILES string of the molecule is CCCCNc1nnc(-c2cccn(CCOC)c2=O)s1. The van der Waals surface area contributed by atoms with E-state index in [2.05, 4.69) is 22.4 Å². The zero-order chi connectivity index (χ0) is 15.1. The molecule has 2 aromatic heterocycles. The number of anilines is 1. The number of hydrogen-bond acceptors (Lipinski definition) is 6. The maximum Gasteiger partial charge on any atom is 0.261 e. The maximum atomic E-state index is 12.4. The van der Waals surface area contributed by atoms with Gasteiger partial charge in [0.2, 0.25) is 5.13 Å². The third kappa shape index (κ3) is 4.12. The molecular formula is C14H20N4O2S. The minimum absolute atomic E-state index is 0.0641. The van der Waals surface area contributed by atoms with Crippen molar-refractivity contribution in [3.63, 3.8) is 0 Å². The first kappa shape index (κ1) is 15.7. The second-order valence-corrected chi connectivity index (χ2v) is 5.58. The van der Waals surface area contributed by atoms with Gasteiger partial charge in [0.25, 0.3) is 5.56 Å². The summed E-state index contributed by atoms with van der Waals surface area (Å²) < 4.78 is 6.64. The highest BCUT2D eigenvalue weighted by Crippen LogP contribution is 2.23. The third-order valence-corrected chi connectivity index (χ3v) is 3.93. The van der Waals surface area contributed by atoms with E-state index in [1.54, 1.807) is 23.9 Å². The first-order valence-corrected chi connectivity index (χ1v) is 7.84. The summed E-state index contributed by atoms with van der Waals surface area (Å²) in [6.45, 7) is 4.05. The van der Waals surface area contributed by atoms with E-state index in [0.717, 1.165) is 24.5 Å². The zero-order valence-electron chi connectivity index (χ0n) is 12.3. The standard InChI is InChI=1S/C14H20N4O2S/c1-3-4-7-15-14-17-16-12(21-14)11-6-5-8-18(13(11)19)9-10-20-2/h5-6,8H,3-4,7,9-10H2,1-2H3,(H,15,17). The summed E-state index contributed by atoms with van der Waals surface area (Å²) in [6, 6.07) is 3.62. The molecule has 0 bridgehead atoms. The largest absolute Gasteiger partial charge is 0.383 e. The first-order chi connectivity index (χ1) is 10.3. The van der Waals surface area contributed by atoms with Crippen LogP contribution >= 0.6 is 11.3 Å². The average molecular weight is 308 g/mol. The van der Waals surface area contributed by atoms with Crippen LogP contribution in [-0.2, 0) is 11.3 Å². The molecule has 0 radical (unpaired) electrons. The summed E-state index contributed by atoms with van der Waals surface area (Å²) in [5, 5.41) is 12.8. The van der Waals surface area contributed by atoms with Crippen molar-refractivity contribution in [3.8, 4) is 10.6 Å². The third-order valence-electron chi connectivity index (χ3n) is 3.02. The number of nitrogens with one attached hydrogen (secondary N) is 1. The molecule has 0 unspecified atom stereocenters. The highest BCUT2D eigenvalue weighted by molar-refractivity contribution is 7.18. The van der Waals surface area contributed by atoms with Crippen molar-refractivity contribution >= 4 is 16.5 Å². The maximum absolute atomic E-state index is 12.4. The number of hydrogen-bond donors (Lipinski definition) is 1. The van der Waals surface area contributed by atoms with Gasteiger partial charge in [-0.15, -0.1) is 10.2 Å². The van der Waals surface area contributed by atoms with Gasteiger partial charge < -0.3 is 14.6 Å². The lowest BCUT2D eigenvalue weighted by molar-refractivity contribution is 0.186. The lowest BCUT2D eigenvalue weighted by Gasteiger charge is -2.05. The fraction of sp³-hybridized carbons (Fsp3) is 0.500. The number of rotatable bonds is 8. The topological polar surface area (TPSA) is 69.0 Å². The molecule has 21 heavy (non-hydrogen) atoms. The Kier molecular flexibility index (Phi) is 5.89. The Labute approximate surface area is 127 Å². The predicted molar refractivity (Wildman–Crippen MR) is 84.9 cm³/mol. The van der Waals surface area contributed by atoms with E-state index in [9.17, 15) is 4.79 Å². The van der Waals surface area contributed by atoms with Gasteiger partial charge in [0.1, 0.15) is 0 Å². The Morgan fingerprint density at radius 1 is 1.43 bits per heavy atom. The Balaban J connectivity index is 2.16. The molecule has 0 aliphatic rings. The van der Waals surface area contributed by atoms with E-state index in [4.69, 9.17) is 4.74 Å². The Bertz CT molecular complexity index is 623. The Morgan fingerprint density at radius 2 is 2.29 bits per heavy atom. The van der Waals surface area contributed by atoms with Crippen LogP contribution in [0, 0.1) is 0 Å².